The van der Waals surface area contributed by atoms with Crippen LogP contribution in [0.1, 0.15) is 12.7 Å². The van der Waals surface area contributed by atoms with E-state index in [9.17, 15) is 14.0 Å². The topological polar surface area (TPSA) is 89.3 Å². The molecule has 3 rings (SSSR count). The lowest BCUT2D eigenvalue weighted by Crippen LogP contribution is -2.39. The lowest BCUT2D eigenvalue weighted by molar-refractivity contribution is -0.126. The first kappa shape index (κ1) is 19.9. The Labute approximate surface area is 165 Å². The van der Waals surface area contributed by atoms with Gasteiger partial charge < -0.3 is 10.1 Å². The Morgan fingerprint density at radius 2 is 2.25 bits per heavy atom. The smallest absolute Gasteiger partial charge is 0.324 e. The highest BCUT2D eigenvalue weighted by Crippen LogP contribution is 2.25. The summed E-state index contributed by atoms with van der Waals surface area (Å²) in [6.07, 6.45) is 1.67. The third-order valence-corrected chi connectivity index (χ3v) is 5.12. The van der Waals surface area contributed by atoms with Crippen molar-refractivity contribution in [3.8, 4) is 5.75 Å². The highest BCUT2D eigenvalue weighted by Gasteiger charge is 2.31. The number of hydrogen-bond donors (Lipinski definition) is 1. The van der Waals surface area contributed by atoms with Gasteiger partial charge in [0.05, 0.1) is 5.25 Å². The van der Waals surface area contributed by atoms with Crippen molar-refractivity contribution in [3.63, 3.8) is 0 Å². The van der Waals surface area contributed by atoms with Crippen LogP contribution < -0.4 is 10.1 Å². The quantitative estimate of drug-likeness (QED) is 0.535. The van der Waals surface area contributed by atoms with Gasteiger partial charge in [0.15, 0.2) is 22.5 Å². The fourth-order valence-corrected chi connectivity index (χ4v) is 3.58. The van der Waals surface area contributed by atoms with E-state index in [1.165, 1.54) is 28.8 Å². The van der Waals surface area contributed by atoms with E-state index >= 15 is 0 Å². The van der Waals surface area contributed by atoms with Crippen LogP contribution in [0.2, 0.25) is 0 Å². The van der Waals surface area contributed by atoms with Crippen LogP contribution in [0.4, 0.5) is 9.18 Å². The second kappa shape index (κ2) is 8.87. The number of para-hydroxylation sites is 1. The fraction of sp³-hybridized carbons (Fsp3) is 0.333. The lowest BCUT2D eigenvalue weighted by Gasteiger charge is -2.17. The van der Waals surface area contributed by atoms with E-state index < -0.39 is 11.1 Å². The number of urea groups is 1. The number of imide groups is 1. The zero-order valence-corrected chi connectivity index (χ0v) is 16.1. The second-order valence-corrected chi connectivity index (χ2v) is 7.31. The summed E-state index contributed by atoms with van der Waals surface area (Å²) >= 11 is 1.19. The predicted octanol–water partition coefficient (Wildman–Crippen LogP) is 2.21. The largest absolute Gasteiger partial charge is 0.483 e. The molecule has 0 bridgehead atoms. The molecule has 0 aliphatic carbocycles. The Hall–Kier alpha value is -2.88. The number of amides is 3. The maximum atomic E-state index is 13.7. The molecule has 3 amide bonds. The first-order chi connectivity index (χ1) is 13.5. The van der Waals surface area contributed by atoms with E-state index in [-0.39, 0.29) is 24.3 Å². The van der Waals surface area contributed by atoms with Crippen molar-refractivity contribution >= 4 is 23.7 Å². The molecular formula is C18H20FN5O3S. The molecule has 1 aromatic carbocycles. The van der Waals surface area contributed by atoms with Gasteiger partial charge in [-0.15, -0.1) is 16.8 Å². The Kier molecular flexibility index (Phi) is 6.30. The monoisotopic (exact) mass is 405 g/mol. The summed E-state index contributed by atoms with van der Waals surface area (Å²) < 4.78 is 21.0. The summed E-state index contributed by atoms with van der Waals surface area (Å²) in [5.74, 6) is -0.162. The predicted molar refractivity (Wildman–Crippen MR) is 101 cm³/mol. The number of nitrogens with one attached hydrogen (secondary N) is 1. The summed E-state index contributed by atoms with van der Waals surface area (Å²) in [5.41, 5.74) is 0. The summed E-state index contributed by atoms with van der Waals surface area (Å²) in [4.78, 5) is 25.4. The van der Waals surface area contributed by atoms with E-state index in [0.717, 1.165) is 0 Å². The molecule has 1 aliphatic heterocycles. The van der Waals surface area contributed by atoms with Crippen LogP contribution in [0, 0.1) is 5.82 Å². The highest BCUT2D eigenvalue weighted by molar-refractivity contribution is 8.00. The SMILES string of the molecule is C=CCn1c(COc2ccccc2F)nnc1S[C@H](C)C(=O)N1CCNC1=O. The number of hydrogen-bond acceptors (Lipinski definition) is 6. The van der Waals surface area contributed by atoms with Gasteiger partial charge in [0.25, 0.3) is 0 Å². The van der Waals surface area contributed by atoms with Crippen molar-refractivity contribution in [1.82, 2.24) is 25.0 Å². The van der Waals surface area contributed by atoms with Gasteiger partial charge in [0, 0.05) is 19.6 Å². The third kappa shape index (κ3) is 4.33. The summed E-state index contributed by atoms with van der Waals surface area (Å²) in [6, 6.07) is 5.71. The molecule has 2 heterocycles. The highest BCUT2D eigenvalue weighted by atomic mass is 32.2. The minimum Gasteiger partial charge on any atom is -0.483 e. The molecule has 2 aromatic rings. The summed E-state index contributed by atoms with van der Waals surface area (Å²) in [7, 11) is 0. The van der Waals surface area contributed by atoms with Gasteiger partial charge in [-0.1, -0.05) is 30.0 Å². The van der Waals surface area contributed by atoms with Crippen molar-refractivity contribution in [2.24, 2.45) is 0 Å². The van der Waals surface area contributed by atoms with Gasteiger partial charge in [-0.2, -0.15) is 0 Å². The number of nitrogens with zero attached hydrogens (tertiary/aromatic N) is 4. The van der Waals surface area contributed by atoms with Gasteiger partial charge in [-0.25, -0.2) is 9.18 Å². The molecule has 0 radical (unpaired) electrons. The zero-order valence-electron chi connectivity index (χ0n) is 15.3. The van der Waals surface area contributed by atoms with Crippen molar-refractivity contribution in [2.45, 2.75) is 30.5 Å². The van der Waals surface area contributed by atoms with Crippen LogP contribution in [-0.4, -0.2) is 49.9 Å². The molecule has 0 unspecified atom stereocenters. The number of ether oxygens (including phenoxy) is 1. The van der Waals surface area contributed by atoms with Crippen LogP contribution >= 0.6 is 11.8 Å². The maximum absolute atomic E-state index is 13.7. The van der Waals surface area contributed by atoms with Crippen molar-refractivity contribution < 1.29 is 18.7 Å². The number of rotatable bonds is 8. The lowest BCUT2D eigenvalue weighted by atomic mass is 10.3. The average Bonchev–Trinajstić information content (AvgIpc) is 3.27. The van der Waals surface area contributed by atoms with Gasteiger partial charge >= 0.3 is 6.03 Å². The molecular weight excluding hydrogens is 385 g/mol. The molecule has 10 heteroatoms. The van der Waals surface area contributed by atoms with Crippen molar-refractivity contribution in [3.05, 3.63) is 48.6 Å². The minimum atomic E-state index is -0.531. The van der Waals surface area contributed by atoms with E-state index in [1.807, 2.05) is 0 Å². The third-order valence-electron chi connectivity index (χ3n) is 4.05. The van der Waals surface area contributed by atoms with E-state index in [2.05, 4.69) is 22.1 Å². The average molecular weight is 405 g/mol. The number of aromatic nitrogens is 3. The van der Waals surface area contributed by atoms with Crippen LogP contribution in [0.15, 0.2) is 42.1 Å². The van der Waals surface area contributed by atoms with Gasteiger partial charge in [0.2, 0.25) is 5.91 Å². The molecule has 28 heavy (non-hydrogen) atoms. The van der Waals surface area contributed by atoms with Gasteiger partial charge in [0.1, 0.15) is 6.61 Å². The molecule has 0 saturated carbocycles. The summed E-state index contributed by atoms with van der Waals surface area (Å²) in [6.45, 7) is 6.65. The van der Waals surface area contributed by atoms with Crippen molar-refractivity contribution in [1.29, 1.82) is 0 Å². The van der Waals surface area contributed by atoms with Crippen LogP contribution in [0.3, 0.4) is 0 Å². The van der Waals surface area contributed by atoms with Gasteiger partial charge in [-0.3, -0.25) is 14.3 Å². The van der Waals surface area contributed by atoms with Crippen molar-refractivity contribution in [2.75, 3.05) is 13.1 Å². The molecule has 1 saturated heterocycles. The number of benzene rings is 1. The molecule has 148 valence electrons. The Morgan fingerprint density at radius 3 is 2.93 bits per heavy atom. The van der Waals surface area contributed by atoms with Crippen LogP contribution in [0.25, 0.3) is 0 Å². The van der Waals surface area contributed by atoms with E-state index in [4.69, 9.17) is 4.74 Å². The standard InChI is InChI=1S/C18H20FN5O3S/c1-3-9-23-15(11-27-14-7-5-4-6-13(14)19)21-22-18(23)28-12(2)16(25)24-10-8-20-17(24)26/h3-7,12H,1,8-11H2,2H3,(H,20,26)/t12-/m1/s1. The van der Waals surface area contributed by atoms with Gasteiger partial charge in [-0.05, 0) is 19.1 Å². The number of thioether (sulfide) groups is 1. The number of halogens is 1. The number of allylic oxidation sites excluding steroid dienone is 1. The second-order valence-electron chi connectivity index (χ2n) is 6.00. The van der Waals surface area contributed by atoms with E-state index in [1.54, 1.807) is 29.7 Å². The number of carbonyl (C=O) groups excluding carboxylic acids is 2. The molecule has 1 N–H and O–H groups in total. The Morgan fingerprint density at radius 1 is 1.46 bits per heavy atom. The van der Waals surface area contributed by atoms with Crippen LogP contribution in [-0.2, 0) is 17.9 Å². The Balaban J connectivity index is 1.71. The molecule has 1 atom stereocenters. The normalized spacial score (nSPS) is 14.6. The molecule has 1 aliphatic rings. The molecule has 1 aromatic heterocycles. The first-order valence-electron chi connectivity index (χ1n) is 8.67. The fourth-order valence-electron chi connectivity index (χ4n) is 2.64. The number of carbonyl (C=O) groups is 2. The van der Waals surface area contributed by atoms with Crippen LogP contribution in [0.5, 0.6) is 5.75 Å². The molecule has 0 spiro atoms. The molecule has 8 nitrogen and oxygen atoms in total. The Bertz CT molecular complexity index is 888. The van der Waals surface area contributed by atoms with E-state index in [0.29, 0.717) is 30.6 Å². The molecule has 1 fully saturated rings. The zero-order chi connectivity index (χ0) is 20.1. The first-order valence-corrected chi connectivity index (χ1v) is 9.55. The maximum Gasteiger partial charge on any atom is 0.324 e. The minimum absolute atomic E-state index is 0.0131. The summed E-state index contributed by atoms with van der Waals surface area (Å²) in [5, 5.41) is 10.8.